The smallest absolute Gasteiger partial charge is 0.310 e. The Labute approximate surface area is 79.8 Å². The third-order valence-electron chi connectivity index (χ3n) is 1.58. The number of nitro benzene ring substituents is 1. The van der Waals surface area contributed by atoms with E-state index in [0.717, 1.165) is 0 Å². The summed E-state index contributed by atoms with van der Waals surface area (Å²) >= 11 is 0. The van der Waals surface area contributed by atoms with E-state index in [1.807, 2.05) is 0 Å². The Hall–Kier alpha value is -1.66. The fourth-order valence-corrected chi connectivity index (χ4v) is 0.940. The Morgan fingerprint density at radius 3 is 2.79 bits per heavy atom. The second-order valence-electron chi connectivity index (χ2n) is 2.51. The van der Waals surface area contributed by atoms with Gasteiger partial charge in [-0.1, -0.05) is 0 Å². The normalized spacial score (nSPS) is 10.1. The van der Waals surface area contributed by atoms with Gasteiger partial charge in [-0.2, -0.15) is 0 Å². The lowest BCUT2D eigenvalue weighted by molar-refractivity contribution is -0.385. The molecule has 0 amide bonds. The first kappa shape index (κ1) is 10.4. The molecule has 6 heteroatoms. The molecular weight excluding hydrogens is 190 g/mol. The molecule has 0 spiro atoms. The molecule has 0 aliphatic carbocycles. The number of phenolic OH excluding ortho intramolecular Hbond substituents is 1. The average Bonchev–Trinajstić information content (AvgIpc) is 2.14. The average molecular weight is 199 g/mol. The van der Waals surface area contributed by atoms with Crippen LogP contribution in [-0.2, 0) is 16.4 Å². The van der Waals surface area contributed by atoms with Gasteiger partial charge < -0.3 is 5.11 Å². The van der Waals surface area contributed by atoms with Crippen molar-refractivity contribution in [3.05, 3.63) is 33.9 Å². The molecule has 76 valence electrons. The zero-order chi connectivity index (χ0) is 10.6. The van der Waals surface area contributed by atoms with Crippen LogP contribution in [-0.4, -0.2) is 17.1 Å². The molecule has 0 heterocycles. The number of phenols is 1. The lowest BCUT2D eigenvalue weighted by Crippen LogP contribution is -1.93. The second kappa shape index (κ2) is 4.54. The highest BCUT2D eigenvalue weighted by Crippen LogP contribution is 2.26. The monoisotopic (exact) mass is 199 g/mol. The van der Waals surface area contributed by atoms with Crippen molar-refractivity contribution >= 4 is 5.69 Å². The van der Waals surface area contributed by atoms with Crippen molar-refractivity contribution in [1.29, 1.82) is 0 Å². The highest BCUT2D eigenvalue weighted by molar-refractivity contribution is 5.47. The summed E-state index contributed by atoms with van der Waals surface area (Å²) in [5.41, 5.74) is 0.265. The molecule has 0 saturated heterocycles. The molecule has 1 aromatic rings. The van der Waals surface area contributed by atoms with Gasteiger partial charge in [-0.25, -0.2) is 9.78 Å². The lowest BCUT2D eigenvalue weighted by Gasteiger charge is -2.01. The molecule has 0 fully saturated rings. The van der Waals surface area contributed by atoms with Gasteiger partial charge in [-0.05, 0) is 17.7 Å². The summed E-state index contributed by atoms with van der Waals surface area (Å²) in [5, 5.41) is 19.6. The molecule has 1 rings (SSSR count). The van der Waals surface area contributed by atoms with Crippen LogP contribution in [0.5, 0.6) is 5.75 Å². The molecule has 0 atom stereocenters. The van der Waals surface area contributed by atoms with Gasteiger partial charge in [0.05, 0.1) is 12.0 Å². The molecule has 0 radical (unpaired) electrons. The molecule has 14 heavy (non-hydrogen) atoms. The van der Waals surface area contributed by atoms with E-state index in [9.17, 15) is 15.2 Å². The minimum atomic E-state index is -0.656. The van der Waals surface area contributed by atoms with Crippen molar-refractivity contribution < 1.29 is 19.8 Å². The second-order valence-corrected chi connectivity index (χ2v) is 2.51. The molecule has 0 aliphatic rings. The maximum atomic E-state index is 10.3. The molecular formula is C8H9NO5. The molecule has 1 N–H and O–H groups in total. The summed E-state index contributed by atoms with van der Waals surface area (Å²) in [5.74, 6) is -0.382. The van der Waals surface area contributed by atoms with Gasteiger partial charge in [-0.15, -0.1) is 0 Å². The first-order valence-electron chi connectivity index (χ1n) is 3.77. The SMILES string of the molecule is COOCc1ccc([N+](=O)[O-])c(O)c1. The van der Waals surface area contributed by atoms with E-state index in [2.05, 4.69) is 9.78 Å². The van der Waals surface area contributed by atoms with Gasteiger partial charge in [0.2, 0.25) is 0 Å². The van der Waals surface area contributed by atoms with Crippen LogP contribution in [0, 0.1) is 10.1 Å². The number of nitrogens with zero attached hydrogens (tertiary/aromatic N) is 1. The van der Waals surface area contributed by atoms with E-state index >= 15 is 0 Å². The van der Waals surface area contributed by atoms with Crippen molar-refractivity contribution in [2.75, 3.05) is 7.11 Å². The van der Waals surface area contributed by atoms with Gasteiger partial charge >= 0.3 is 5.69 Å². The number of aromatic hydroxyl groups is 1. The zero-order valence-corrected chi connectivity index (χ0v) is 7.47. The van der Waals surface area contributed by atoms with Crippen molar-refractivity contribution in [3.8, 4) is 5.75 Å². The van der Waals surface area contributed by atoms with Crippen molar-refractivity contribution in [1.82, 2.24) is 0 Å². The molecule has 0 bridgehead atoms. The van der Waals surface area contributed by atoms with E-state index in [1.54, 1.807) is 0 Å². The van der Waals surface area contributed by atoms with E-state index in [0.29, 0.717) is 5.56 Å². The summed E-state index contributed by atoms with van der Waals surface area (Å²) in [4.78, 5) is 18.6. The summed E-state index contributed by atoms with van der Waals surface area (Å²) in [6.07, 6.45) is 0. The van der Waals surface area contributed by atoms with Gasteiger partial charge in [-0.3, -0.25) is 10.1 Å². The zero-order valence-electron chi connectivity index (χ0n) is 7.47. The summed E-state index contributed by atoms with van der Waals surface area (Å²) < 4.78 is 0. The summed E-state index contributed by atoms with van der Waals surface area (Å²) in [6.45, 7) is 0.127. The minimum Gasteiger partial charge on any atom is -0.502 e. The van der Waals surface area contributed by atoms with Crippen LogP contribution < -0.4 is 0 Å². The summed E-state index contributed by atoms with van der Waals surface area (Å²) in [6, 6.07) is 3.96. The van der Waals surface area contributed by atoms with E-state index in [1.165, 1.54) is 25.3 Å². The van der Waals surface area contributed by atoms with Crippen molar-refractivity contribution in [3.63, 3.8) is 0 Å². The lowest BCUT2D eigenvalue weighted by atomic mass is 10.2. The summed E-state index contributed by atoms with van der Waals surface area (Å²) in [7, 11) is 1.35. The Morgan fingerprint density at radius 2 is 2.29 bits per heavy atom. The maximum absolute atomic E-state index is 10.3. The maximum Gasteiger partial charge on any atom is 0.310 e. The first-order valence-corrected chi connectivity index (χ1v) is 3.77. The first-order chi connectivity index (χ1) is 6.65. The standard InChI is InChI=1S/C8H9NO5/c1-13-14-5-6-2-3-7(9(11)12)8(10)4-6/h2-4,10H,5H2,1H3. The van der Waals surface area contributed by atoms with Crippen LogP contribution in [0.15, 0.2) is 18.2 Å². The minimum absolute atomic E-state index is 0.127. The molecule has 0 unspecified atom stereocenters. The van der Waals surface area contributed by atoms with Gasteiger partial charge in [0.25, 0.3) is 0 Å². The predicted octanol–water partition coefficient (Wildman–Crippen LogP) is 1.38. The third-order valence-corrected chi connectivity index (χ3v) is 1.58. The number of hydrogen-bond acceptors (Lipinski definition) is 5. The van der Waals surface area contributed by atoms with E-state index in [4.69, 9.17) is 0 Å². The molecule has 0 aromatic heterocycles. The molecule has 0 saturated carbocycles. The predicted molar refractivity (Wildman–Crippen MR) is 46.6 cm³/mol. The van der Waals surface area contributed by atoms with Crippen LogP contribution in [0.25, 0.3) is 0 Å². The Bertz CT molecular complexity index is 339. The van der Waals surface area contributed by atoms with Gasteiger partial charge in [0.1, 0.15) is 6.61 Å². The number of hydrogen-bond donors (Lipinski definition) is 1. The molecule has 0 aliphatic heterocycles. The molecule has 6 nitrogen and oxygen atoms in total. The fourth-order valence-electron chi connectivity index (χ4n) is 0.940. The Morgan fingerprint density at radius 1 is 1.57 bits per heavy atom. The third kappa shape index (κ3) is 2.41. The van der Waals surface area contributed by atoms with Crippen LogP contribution in [0.3, 0.4) is 0 Å². The fraction of sp³-hybridized carbons (Fsp3) is 0.250. The quantitative estimate of drug-likeness (QED) is 0.450. The van der Waals surface area contributed by atoms with Crippen LogP contribution in [0.2, 0.25) is 0 Å². The van der Waals surface area contributed by atoms with Gasteiger partial charge in [0.15, 0.2) is 5.75 Å². The highest BCUT2D eigenvalue weighted by Gasteiger charge is 2.12. The molecule has 1 aromatic carbocycles. The number of nitro groups is 1. The Balaban J connectivity index is 2.83. The highest BCUT2D eigenvalue weighted by atomic mass is 17.2. The van der Waals surface area contributed by atoms with Gasteiger partial charge in [0, 0.05) is 6.07 Å². The van der Waals surface area contributed by atoms with E-state index in [-0.39, 0.29) is 18.0 Å². The number of benzene rings is 1. The van der Waals surface area contributed by atoms with Crippen LogP contribution in [0.1, 0.15) is 5.56 Å². The van der Waals surface area contributed by atoms with Crippen molar-refractivity contribution in [2.24, 2.45) is 0 Å². The topological polar surface area (TPSA) is 81.8 Å². The van der Waals surface area contributed by atoms with E-state index < -0.39 is 4.92 Å². The largest absolute Gasteiger partial charge is 0.502 e. The van der Waals surface area contributed by atoms with Crippen molar-refractivity contribution in [2.45, 2.75) is 6.61 Å². The Kier molecular flexibility index (Phi) is 3.38. The van der Waals surface area contributed by atoms with Crippen LogP contribution >= 0.6 is 0 Å². The number of rotatable bonds is 4. The van der Waals surface area contributed by atoms with Crippen LogP contribution in [0.4, 0.5) is 5.69 Å².